The molecule has 1 fully saturated rings. The van der Waals surface area contributed by atoms with Crippen LogP contribution in [0.25, 0.3) is 0 Å². The van der Waals surface area contributed by atoms with E-state index in [0.717, 1.165) is 5.25 Å². The summed E-state index contributed by atoms with van der Waals surface area (Å²) in [6, 6.07) is 0. The molecule has 0 aromatic heterocycles. The van der Waals surface area contributed by atoms with Gasteiger partial charge < -0.3 is 5.32 Å². The van der Waals surface area contributed by atoms with Crippen molar-refractivity contribution in [2.24, 2.45) is 0 Å². The smallest absolute Gasteiger partial charge is 0.0122 e. The maximum absolute atomic E-state index is 3.34. The van der Waals surface area contributed by atoms with Crippen LogP contribution in [-0.4, -0.2) is 23.6 Å². The molecule has 66 valence electrons. The molecular weight excluding hydrogens is 154 g/mol. The molecule has 0 aromatic carbocycles. The molecule has 2 heteroatoms. The number of rotatable bonds is 4. The number of nitrogens with one attached hydrogen (secondary N) is 1. The lowest BCUT2D eigenvalue weighted by atomic mass is 9.97. The van der Waals surface area contributed by atoms with Gasteiger partial charge in [-0.3, -0.25) is 0 Å². The second kappa shape index (κ2) is 3.81. The molecule has 1 heterocycles. The standard InChI is InChI=1S/C9H19NS/c1-9(2,10-3)6-4-8-5-7-11-8/h8,10H,4-7H2,1-3H3. The van der Waals surface area contributed by atoms with E-state index in [0.29, 0.717) is 5.54 Å². The molecule has 1 unspecified atom stereocenters. The summed E-state index contributed by atoms with van der Waals surface area (Å²) in [5.41, 5.74) is 0.343. The Morgan fingerprint density at radius 1 is 1.55 bits per heavy atom. The highest BCUT2D eigenvalue weighted by molar-refractivity contribution is 8.01. The van der Waals surface area contributed by atoms with Gasteiger partial charge in [-0.15, -0.1) is 0 Å². The van der Waals surface area contributed by atoms with Gasteiger partial charge in [-0.25, -0.2) is 0 Å². The van der Waals surface area contributed by atoms with Crippen LogP contribution in [0.2, 0.25) is 0 Å². The van der Waals surface area contributed by atoms with Crippen LogP contribution in [-0.2, 0) is 0 Å². The zero-order valence-corrected chi connectivity index (χ0v) is 8.63. The fourth-order valence-electron chi connectivity index (χ4n) is 1.16. The molecule has 11 heavy (non-hydrogen) atoms. The van der Waals surface area contributed by atoms with Crippen LogP contribution in [0.1, 0.15) is 33.1 Å². The van der Waals surface area contributed by atoms with E-state index in [1.807, 2.05) is 7.05 Å². The highest BCUT2D eigenvalue weighted by Gasteiger charge is 2.22. The van der Waals surface area contributed by atoms with Gasteiger partial charge in [0.05, 0.1) is 0 Å². The zero-order valence-electron chi connectivity index (χ0n) is 7.81. The molecular formula is C9H19NS. The van der Waals surface area contributed by atoms with Crippen molar-refractivity contribution in [3.8, 4) is 0 Å². The summed E-state index contributed by atoms with van der Waals surface area (Å²) in [7, 11) is 2.05. The van der Waals surface area contributed by atoms with E-state index in [9.17, 15) is 0 Å². The predicted octanol–water partition coefficient (Wildman–Crippen LogP) is 2.27. The van der Waals surface area contributed by atoms with Gasteiger partial charge in [0, 0.05) is 10.8 Å². The Kier molecular flexibility index (Phi) is 3.26. The van der Waals surface area contributed by atoms with Crippen LogP contribution >= 0.6 is 11.8 Å². The third-order valence-corrected chi connectivity index (χ3v) is 3.98. The fraction of sp³-hybridized carbons (Fsp3) is 1.00. The maximum atomic E-state index is 3.34. The van der Waals surface area contributed by atoms with E-state index in [4.69, 9.17) is 0 Å². The van der Waals surface area contributed by atoms with Gasteiger partial charge in [-0.2, -0.15) is 11.8 Å². The average Bonchev–Trinajstić information content (AvgIpc) is 1.84. The first-order valence-electron chi connectivity index (χ1n) is 4.44. The van der Waals surface area contributed by atoms with Gasteiger partial charge in [-0.05, 0) is 45.9 Å². The fourth-order valence-corrected chi connectivity index (χ4v) is 2.01. The molecule has 1 atom stereocenters. The minimum Gasteiger partial charge on any atom is -0.315 e. The molecule has 1 saturated heterocycles. The predicted molar refractivity (Wildman–Crippen MR) is 53.2 cm³/mol. The summed E-state index contributed by atoms with van der Waals surface area (Å²) in [6.07, 6.45) is 4.14. The summed E-state index contributed by atoms with van der Waals surface area (Å²) in [4.78, 5) is 0. The van der Waals surface area contributed by atoms with Crippen molar-refractivity contribution in [3.05, 3.63) is 0 Å². The van der Waals surface area contributed by atoms with Crippen molar-refractivity contribution in [1.82, 2.24) is 5.32 Å². The van der Waals surface area contributed by atoms with E-state index in [1.54, 1.807) is 0 Å². The van der Waals surface area contributed by atoms with Crippen LogP contribution in [0, 0.1) is 0 Å². The monoisotopic (exact) mass is 173 g/mol. The van der Waals surface area contributed by atoms with Crippen molar-refractivity contribution in [2.75, 3.05) is 12.8 Å². The first kappa shape index (κ1) is 9.40. The molecule has 0 radical (unpaired) electrons. The third-order valence-electron chi connectivity index (χ3n) is 2.56. The molecule has 1 N–H and O–H groups in total. The van der Waals surface area contributed by atoms with Crippen molar-refractivity contribution < 1.29 is 0 Å². The molecule has 0 aliphatic carbocycles. The highest BCUT2D eigenvalue weighted by atomic mass is 32.2. The summed E-state index contributed by atoms with van der Waals surface area (Å²) in [6.45, 7) is 4.55. The zero-order chi connectivity index (χ0) is 8.32. The Bertz CT molecular complexity index is 119. The van der Waals surface area contributed by atoms with Crippen molar-refractivity contribution in [2.45, 2.75) is 43.9 Å². The molecule has 1 aliphatic heterocycles. The van der Waals surface area contributed by atoms with Crippen LogP contribution in [0.5, 0.6) is 0 Å². The quantitative estimate of drug-likeness (QED) is 0.700. The van der Waals surface area contributed by atoms with Gasteiger partial charge in [0.1, 0.15) is 0 Å². The van der Waals surface area contributed by atoms with E-state index >= 15 is 0 Å². The lowest BCUT2D eigenvalue weighted by Crippen LogP contribution is -2.37. The van der Waals surface area contributed by atoms with Crippen LogP contribution < -0.4 is 5.32 Å². The molecule has 0 aromatic rings. The van der Waals surface area contributed by atoms with Gasteiger partial charge in [-0.1, -0.05) is 0 Å². The summed E-state index contributed by atoms with van der Waals surface area (Å²) < 4.78 is 0. The van der Waals surface area contributed by atoms with Crippen molar-refractivity contribution in [3.63, 3.8) is 0 Å². The Morgan fingerprint density at radius 2 is 2.18 bits per heavy atom. The van der Waals surface area contributed by atoms with E-state index in [1.165, 1.54) is 25.0 Å². The van der Waals surface area contributed by atoms with Crippen LogP contribution in [0.15, 0.2) is 0 Å². The summed E-state index contributed by atoms with van der Waals surface area (Å²) in [5.74, 6) is 1.39. The third kappa shape index (κ3) is 3.04. The number of hydrogen-bond donors (Lipinski definition) is 1. The van der Waals surface area contributed by atoms with Gasteiger partial charge in [0.2, 0.25) is 0 Å². The van der Waals surface area contributed by atoms with Crippen LogP contribution in [0.3, 0.4) is 0 Å². The van der Waals surface area contributed by atoms with Gasteiger partial charge in [0.25, 0.3) is 0 Å². The summed E-state index contributed by atoms with van der Waals surface area (Å²) >= 11 is 2.13. The first-order chi connectivity index (χ1) is 5.14. The topological polar surface area (TPSA) is 12.0 Å². The van der Waals surface area contributed by atoms with Crippen molar-refractivity contribution in [1.29, 1.82) is 0 Å². The molecule has 1 rings (SSSR count). The Morgan fingerprint density at radius 3 is 2.55 bits per heavy atom. The largest absolute Gasteiger partial charge is 0.315 e. The van der Waals surface area contributed by atoms with E-state index in [2.05, 4.69) is 30.9 Å². The first-order valence-corrected chi connectivity index (χ1v) is 5.49. The number of hydrogen-bond acceptors (Lipinski definition) is 2. The molecule has 0 amide bonds. The van der Waals surface area contributed by atoms with Gasteiger partial charge in [0.15, 0.2) is 0 Å². The molecule has 1 aliphatic rings. The van der Waals surface area contributed by atoms with E-state index < -0.39 is 0 Å². The molecule has 0 saturated carbocycles. The number of thioether (sulfide) groups is 1. The lowest BCUT2D eigenvalue weighted by molar-refractivity contribution is 0.377. The summed E-state index contributed by atoms with van der Waals surface area (Å²) in [5, 5.41) is 4.31. The van der Waals surface area contributed by atoms with E-state index in [-0.39, 0.29) is 0 Å². The van der Waals surface area contributed by atoms with Gasteiger partial charge >= 0.3 is 0 Å². The second-order valence-electron chi connectivity index (χ2n) is 3.95. The normalized spacial score (nSPS) is 24.8. The minimum atomic E-state index is 0.343. The Labute approximate surface area is 74.3 Å². The minimum absolute atomic E-state index is 0.343. The average molecular weight is 173 g/mol. The lowest BCUT2D eigenvalue weighted by Gasteiger charge is -2.30. The highest BCUT2D eigenvalue weighted by Crippen LogP contribution is 2.32. The Hall–Kier alpha value is 0.310. The molecule has 0 bridgehead atoms. The van der Waals surface area contributed by atoms with Crippen LogP contribution in [0.4, 0.5) is 0 Å². The SMILES string of the molecule is CNC(C)(C)CCC1CCS1. The molecule has 0 spiro atoms. The molecule has 1 nitrogen and oxygen atoms in total. The Balaban J connectivity index is 2.09. The maximum Gasteiger partial charge on any atom is 0.0122 e. The second-order valence-corrected chi connectivity index (χ2v) is 5.36. The van der Waals surface area contributed by atoms with Crippen molar-refractivity contribution >= 4 is 11.8 Å².